The number of halogens is 2. The van der Waals surface area contributed by atoms with Crippen LogP contribution in [-0.4, -0.2) is 36.4 Å². The highest BCUT2D eigenvalue weighted by Gasteiger charge is 2.00. The quantitative estimate of drug-likeness (QED) is 0.249. The van der Waals surface area contributed by atoms with Crippen LogP contribution in [0.15, 0.2) is 42.5 Å². The molecule has 0 atom stereocenters. The van der Waals surface area contributed by atoms with E-state index in [4.69, 9.17) is 11.6 Å². The Morgan fingerprint density at radius 2 is 1.25 bits per heavy atom. The fourth-order valence-electron chi connectivity index (χ4n) is 2.95. The van der Waals surface area contributed by atoms with E-state index in [-0.39, 0.29) is 28.5 Å². The number of hydrogen-bond donors (Lipinski definition) is 4. The molecule has 4 nitrogen and oxygen atoms in total. The van der Waals surface area contributed by atoms with E-state index in [0.29, 0.717) is 0 Å². The van der Waals surface area contributed by atoms with Crippen LogP contribution in [-0.2, 0) is 12.8 Å². The molecule has 0 saturated heterocycles. The highest BCUT2D eigenvalue weighted by atomic mass is 79.9. The molecule has 0 unspecified atom stereocenters. The molecule has 0 radical (unpaired) electrons. The molecule has 0 fully saturated rings. The van der Waals surface area contributed by atoms with Crippen molar-refractivity contribution in [3.8, 4) is 11.5 Å². The first kappa shape index (κ1) is 24.8. The Labute approximate surface area is 184 Å². The number of aryl methyl sites for hydroxylation is 1. The van der Waals surface area contributed by atoms with Crippen LogP contribution >= 0.6 is 28.6 Å². The van der Waals surface area contributed by atoms with Crippen LogP contribution in [0.4, 0.5) is 0 Å². The number of aromatic hydroxyl groups is 2. The average molecular weight is 472 g/mol. The maximum atomic E-state index is 9.46. The van der Waals surface area contributed by atoms with Crippen LogP contribution in [0.25, 0.3) is 0 Å². The molecular formula is C22H32BrClN2O2. The molecule has 0 amide bonds. The molecule has 2 aromatic carbocycles. The van der Waals surface area contributed by atoms with Gasteiger partial charge in [-0.05, 0) is 93.7 Å². The summed E-state index contributed by atoms with van der Waals surface area (Å²) in [6, 6.07) is 13.1. The second-order valence-electron chi connectivity index (χ2n) is 6.86. The Morgan fingerprint density at radius 1 is 0.643 bits per heavy atom. The lowest BCUT2D eigenvalue weighted by Crippen LogP contribution is -2.20. The lowest BCUT2D eigenvalue weighted by atomic mass is 10.1. The van der Waals surface area contributed by atoms with Gasteiger partial charge in [-0.15, -0.1) is 17.0 Å². The van der Waals surface area contributed by atoms with E-state index in [1.54, 1.807) is 6.07 Å². The van der Waals surface area contributed by atoms with Crippen LogP contribution < -0.4 is 10.6 Å². The molecular weight excluding hydrogens is 440 g/mol. The third kappa shape index (κ3) is 10.3. The average Bonchev–Trinajstić information content (AvgIpc) is 2.67. The van der Waals surface area contributed by atoms with E-state index in [0.717, 1.165) is 56.0 Å². The van der Waals surface area contributed by atoms with Crippen molar-refractivity contribution >= 4 is 28.6 Å². The van der Waals surface area contributed by atoms with Gasteiger partial charge in [-0.2, -0.15) is 0 Å². The van der Waals surface area contributed by atoms with Crippen molar-refractivity contribution in [2.75, 3.05) is 26.2 Å². The molecule has 0 aliphatic heterocycles. The second kappa shape index (κ2) is 14.7. The summed E-state index contributed by atoms with van der Waals surface area (Å²) >= 11 is 5.89. The Kier molecular flexibility index (Phi) is 13.0. The summed E-state index contributed by atoms with van der Waals surface area (Å²) in [4.78, 5) is 0. The molecule has 6 heteroatoms. The molecule has 0 spiro atoms. The van der Waals surface area contributed by atoms with Gasteiger partial charge in [0.1, 0.15) is 0 Å². The SMILES string of the molecule is Br.Oc1ccc(CCNCCCCCNCCCc2ccc(Cl)cc2)cc1O. The van der Waals surface area contributed by atoms with Crippen molar-refractivity contribution in [3.63, 3.8) is 0 Å². The van der Waals surface area contributed by atoms with Crippen molar-refractivity contribution in [2.24, 2.45) is 0 Å². The minimum Gasteiger partial charge on any atom is -0.504 e. The molecule has 0 aliphatic carbocycles. The van der Waals surface area contributed by atoms with Crippen LogP contribution in [0.2, 0.25) is 5.02 Å². The number of nitrogens with one attached hydrogen (secondary N) is 2. The zero-order valence-electron chi connectivity index (χ0n) is 16.3. The maximum absolute atomic E-state index is 9.46. The van der Waals surface area contributed by atoms with Gasteiger partial charge in [0.2, 0.25) is 0 Å². The lowest BCUT2D eigenvalue weighted by Gasteiger charge is -2.07. The van der Waals surface area contributed by atoms with Gasteiger partial charge in [0.05, 0.1) is 0 Å². The van der Waals surface area contributed by atoms with Crippen LogP contribution in [0.3, 0.4) is 0 Å². The topological polar surface area (TPSA) is 64.5 Å². The van der Waals surface area contributed by atoms with Gasteiger partial charge in [-0.25, -0.2) is 0 Å². The van der Waals surface area contributed by atoms with E-state index in [1.165, 1.54) is 30.9 Å². The summed E-state index contributed by atoms with van der Waals surface area (Å²) in [6.07, 6.45) is 6.69. The predicted octanol–water partition coefficient (Wildman–Crippen LogP) is 4.85. The zero-order valence-corrected chi connectivity index (χ0v) is 18.8. The summed E-state index contributed by atoms with van der Waals surface area (Å²) < 4.78 is 0. The normalized spacial score (nSPS) is 10.6. The van der Waals surface area contributed by atoms with Crippen LogP contribution in [0, 0.1) is 0 Å². The largest absolute Gasteiger partial charge is 0.504 e. The minimum atomic E-state index is -0.0645. The first-order valence-corrected chi connectivity index (χ1v) is 10.2. The van der Waals surface area contributed by atoms with Crippen molar-refractivity contribution in [1.82, 2.24) is 10.6 Å². The standard InChI is InChI=1S/C22H31ClN2O2.BrH/c23-20-9-6-18(7-10-20)5-4-15-24-13-2-1-3-14-25-16-12-19-8-11-21(26)22(27)17-19;/h6-11,17,24-27H,1-5,12-16H2;1H. The molecule has 2 rings (SSSR count). The van der Waals surface area contributed by atoms with Crippen LogP contribution in [0.5, 0.6) is 11.5 Å². The molecule has 0 aliphatic rings. The Bertz CT molecular complexity index is 668. The Morgan fingerprint density at radius 3 is 1.93 bits per heavy atom. The molecule has 156 valence electrons. The summed E-state index contributed by atoms with van der Waals surface area (Å²) in [5.41, 5.74) is 2.37. The van der Waals surface area contributed by atoms with E-state index >= 15 is 0 Å². The van der Waals surface area contributed by atoms with E-state index in [1.807, 2.05) is 18.2 Å². The van der Waals surface area contributed by atoms with Gasteiger partial charge in [0.25, 0.3) is 0 Å². The van der Waals surface area contributed by atoms with Gasteiger partial charge in [0.15, 0.2) is 11.5 Å². The number of unbranched alkanes of at least 4 members (excludes halogenated alkanes) is 2. The molecule has 0 heterocycles. The lowest BCUT2D eigenvalue weighted by molar-refractivity contribution is 0.403. The number of hydrogen-bond acceptors (Lipinski definition) is 4. The summed E-state index contributed by atoms with van der Waals surface area (Å²) in [7, 11) is 0. The highest BCUT2D eigenvalue weighted by molar-refractivity contribution is 8.93. The zero-order chi connectivity index (χ0) is 19.3. The predicted molar refractivity (Wildman–Crippen MR) is 123 cm³/mol. The van der Waals surface area contributed by atoms with Gasteiger partial charge < -0.3 is 20.8 Å². The fourth-order valence-corrected chi connectivity index (χ4v) is 3.08. The number of phenolic OH excluding ortho intramolecular Hbond substituents is 2. The van der Waals surface area contributed by atoms with Gasteiger partial charge in [-0.1, -0.05) is 36.2 Å². The molecule has 4 N–H and O–H groups in total. The fraction of sp³-hybridized carbons (Fsp3) is 0.455. The number of phenols is 2. The second-order valence-corrected chi connectivity index (χ2v) is 7.30. The van der Waals surface area contributed by atoms with Gasteiger partial charge in [-0.3, -0.25) is 0 Å². The van der Waals surface area contributed by atoms with Gasteiger partial charge in [0, 0.05) is 5.02 Å². The van der Waals surface area contributed by atoms with Gasteiger partial charge >= 0.3 is 0 Å². The number of rotatable bonds is 13. The van der Waals surface area contributed by atoms with Crippen molar-refractivity contribution in [3.05, 3.63) is 58.6 Å². The van der Waals surface area contributed by atoms with Crippen LogP contribution in [0.1, 0.15) is 36.8 Å². The molecule has 0 aromatic heterocycles. The third-order valence-corrected chi connectivity index (χ3v) is 4.82. The Hall–Kier alpha value is -1.27. The summed E-state index contributed by atoms with van der Waals surface area (Å²) in [6.45, 7) is 4.03. The van der Waals surface area contributed by atoms with Crippen molar-refractivity contribution < 1.29 is 10.2 Å². The molecule has 0 bridgehead atoms. The van der Waals surface area contributed by atoms with Crippen molar-refractivity contribution in [1.29, 1.82) is 0 Å². The summed E-state index contributed by atoms with van der Waals surface area (Å²) in [5.74, 6) is -0.113. The Balaban J connectivity index is 0.00000392. The minimum absolute atomic E-state index is 0. The first-order valence-electron chi connectivity index (χ1n) is 9.82. The summed E-state index contributed by atoms with van der Waals surface area (Å²) in [5, 5.41) is 26.5. The third-order valence-electron chi connectivity index (χ3n) is 4.57. The maximum Gasteiger partial charge on any atom is 0.157 e. The molecule has 0 saturated carbocycles. The highest BCUT2D eigenvalue weighted by Crippen LogP contribution is 2.24. The van der Waals surface area contributed by atoms with E-state index in [9.17, 15) is 10.2 Å². The van der Waals surface area contributed by atoms with E-state index in [2.05, 4.69) is 22.8 Å². The van der Waals surface area contributed by atoms with Crippen molar-refractivity contribution in [2.45, 2.75) is 38.5 Å². The molecule has 28 heavy (non-hydrogen) atoms. The number of benzene rings is 2. The monoisotopic (exact) mass is 470 g/mol. The smallest absolute Gasteiger partial charge is 0.157 e. The van der Waals surface area contributed by atoms with E-state index < -0.39 is 0 Å². The first-order chi connectivity index (χ1) is 13.1. The molecule has 2 aromatic rings.